The lowest BCUT2D eigenvalue weighted by molar-refractivity contribution is 0.0668. The van der Waals surface area contributed by atoms with Crippen LogP contribution in [0.25, 0.3) is 10.8 Å². The number of ether oxygens (including phenoxy) is 2. The molecule has 2 heterocycles. The largest absolute Gasteiger partial charge is 0.504 e. The molecule has 4 aromatic rings. The highest BCUT2D eigenvalue weighted by Gasteiger charge is 2.69. The van der Waals surface area contributed by atoms with Crippen molar-refractivity contribution >= 4 is 22.3 Å². The number of carbonyl (C=O) groups excluding carboxylic acids is 2. The van der Waals surface area contributed by atoms with Crippen LogP contribution in [0.15, 0.2) is 78.9 Å². The molecule has 3 aliphatic rings. The van der Waals surface area contributed by atoms with E-state index in [1.165, 1.54) is 13.2 Å². The van der Waals surface area contributed by atoms with Crippen molar-refractivity contribution in [2.24, 2.45) is 0 Å². The van der Waals surface area contributed by atoms with Crippen LogP contribution >= 0.6 is 0 Å². The van der Waals surface area contributed by atoms with E-state index in [1.807, 2.05) is 54.6 Å². The van der Waals surface area contributed by atoms with Gasteiger partial charge in [0.1, 0.15) is 11.3 Å². The van der Waals surface area contributed by atoms with Crippen molar-refractivity contribution in [1.29, 1.82) is 0 Å². The van der Waals surface area contributed by atoms with Crippen LogP contribution < -0.4 is 9.47 Å². The normalized spacial score (nSPS) is 25.4. The van der Waals surface area contributed by atoms with Crippen LogP contribution in [-0.2, 0) is 11.0 Å². The van der Waals surface area contributed by atoms with Crippen LogP contribution in [0.2, 0.25) is 0 Å². The average Bonchev–Trinajstić information content (AvgIpc) is 3.64. The van der Waals surface area contributed by atoms with Crippen LogP contribution in [0.1, 0.15) is 51.1 Å². The Bertz CT molecular complexity index is 1670. The van der Waals surface area contributed by atoms with Gasteiger partial charge in [-0.3, -0.25) is 14.5 Å². The predicted octanol–water partition coefficient (Wildman–Crippen LogP) is 5.64. The van der Waals surface area contributed by atoms with Crippen molar-refractivity contribution in [1.82, 2.24) is 4.90 Å². The van der Waals surface area contributed by atoms with E-state index in [-0.39, 0.29) is 29.1 Å². The Morgan fingerprint density at radius 2 is 1.77 bits per heavy atom. The first-order valence-corrected chi connectivity index (χ1v) is 13.4. The molecule has 3 atom stereocenters. The highest BCUT2D eigenvalue weighted by Crippen LogP contribution is 2.62. The second-order valence-corrected chi connectivity index (χ2v) is 10.8. The fourth-order valence-electron chi connectivity index (χ4n) is 7.67. The van der Waals surface area contributed by atoms with Crippen LogP contribution in [0.5, 0.6) is 17.2 Å². The number of ketones is 2. The number of hydrogen-bond acceptors (Lipinski definition) is 6. The zero-order valence-electron chi connectivity index (χ0n) is 21.9. The van der Waals surface area contributed by atoms with E-state index in [4.69, 9.17) is 9.47 Å². The molecule has 0 aromatic heterocycles. The van der Waals surface area contributed by atoms with Gasteiger partial charge in [-0.2, -0.15) is 0 Å². The minimum Gasteiger partial charge on any atom is -0.504 e. The van der Waals surface area contributed by atoms with Gasteiger partial charge in [0.2, 0.25) is 0 Å². The molecule has 7 rings (SSSR count). The van der Waals surface area contributed by atoms with Crippen LogP contribution in [0, 0.1) is 0 Å². The number of Topliss-reactive ketones (excluding diaryl/α,β-unsaturated/α-hetero) is 2. The Morgan fingerprint density at radius 1 is 0.974 bits per heavy atom. The number of benzene rings is 4. The molecule has 2 saturated heterocycles. The van der Waals surface area contributed by atoms with Gasteiger partial charge in [0, 0.05) is 17.2 Å². The molecule has 6 nitrogen and oxygen atoms in total. The quantitative estimate of drug-likeness (QED) is 0.344. The highest BCUT2D eigenvalue weighted by atomic mass is 16.5. The first-order valence-electron chi connectivity index (χ1n) is 13.4. The van der Waals surface area contributed by atoms with E-state index in [1.54, 1.807) is 19.2 Å². The van der Waals surface area contributed by atoms with Crippen molar-refractivity contribution < 1.29 is 24.2 Å². The third kappa shape index (κ3) is 3.01. The molecule has 2 aliphatic heterocycles. The van der Waals surface area contributed by atoms with E-state index in [9.17, 15) is 14.7 Å². The first kappa shape index (κ1) is 23.9. The summed E-state index contributed by atoms with van der Waals surface area (Å²) in [5, 5.41) is 12.3. The first-order chi connectivity index (χ1) is 19.0. The SMILES string of the molecule is COc1cccc(C2(C(=O)c3ccc(O)c(OC)c3)CC3(C(=O)c4cccc5cccc3c45)N3CCCC32)c1. The molecule has 0 amide bonds. The molecule has 4 aromatic carbocycles. The number of nitrogens with zero attached hydrogens (tertiary/aromatic N) is 1. The van der Waals surface area contributed by atoms with Crippen molar-refractivity contribution in [3.8, 4) is 17.2 Å². The molecule has 2 fully saturated rings. The predicted molar refractivity (Wildman–Crippen MR) is 148 cm³/mol. The van der Waals surface area contributed by atoms with Gasteiger partial charge >= 0.3 is 0 Å². The van der Waals surface area contributed by atoms with Crippen LogP contribution in [-0.4, -0.2) is 48.4 Å². The lowest BCUT2D eigenvalue weighted by Gasteiger charge is -2.35. The lowest BCUT2D eigenvalue weighted by Crippen LogP contribution is -2.47. The summed E-state index contributed by atoms with van der Waals surface area (Å²) >= 11 is 0. The van der Waals surface area contributed by atoms with Gasteiger partial charge in [0.25, 0.3) is 0 Å². The van der Waals surface area contributed by atoms with Crippen molar-refractivity contribution in [3.05, 3.63) is 101 Å². The maximum Gasteiger partial charge on any atom is 0.188 e. The number of fused-ring (bicyclic) bond motifs is 3. The highest BCUT2D eigenvalue weighted by molar-refractivity contribution is 6.21. The molecule has 3 unspecified atom stereocenters. The number of phenols is 1. The Balaban J connectivity index is 1.51. The molecule has 6 heteroatoms. The molecule has 0 saturated carbocycles. The number of hydrogen-bond donors (Lipinski definition) is 1. The standard InChI is InChI=1S/C33H29NO5/c1-38-23-10-5-9-22(18-23)32(30(36)21-14-15-26(35)27(17-21)39-2)19-33(34-16-6-13-28(32)34)25-12-4-8-20-7-3-11-24(29(20)25)31(33)37/h3-5,7-12,14-15,17-18,28,35H,6,13,16,19H2,1-2H3. The monoisotopic (exact) mass is 519 g/mol. The van der Waals surface area contributed by atoms with Gasteiger partial charge in [-0.05, 0) is 78.0 Å². The summed E-state index contributed by atoms with van der Waals surface area (Å²) in [5.41, 5.74) is 1.04. The minimum absolute atomic E-state index is 0.0250. The summed E-state index contributed by atoms with van der Waals surface area (Å²) in [4.78, 5) is 31.8. The topological polar surface area (TPSA) is 76.1 Å². The second kappa shape index (κ2) is 8.42. The summed E-state index contributed by atoms with van der Waals surface area (Å²) in [6.45, 7) is 0.735. The Hall–Kier alpha value is -4.16. The molecule has 0 radical (unpaired) electrons. The third-order valence-electron chi connectivity index (χ3n) is 9.25. The molecule has 0 bridgehead atoms. The molecule has 196 valence electrons. The van der Waals surface area contributed by atoms with Crippen LogP contribution in [0.4, 0.5) is 0 Å². The molecule has 1 N–H and O–H groups in total. The Kier molecular flexibility index (Phi) is 5.16. The average molecular weight is 520 g/mol. The number of carbonyl (C=O) groups is 2. The minimum atomic E-state index is -1.02. The summed E-state index contributed by atoms with van der Waals surface area (Å²) in [7, 11) is 3.09. The van der Waals surface area contributed by atoms with Gasteiger partial charge in [-0.15, -0.1) is 0 Å². The lowest BCUT2D eigenvalue weighted by atomic mass is 9.65. The smallest absolute Gasteiger partial charge is 0.188 e. The summed E-state index contributed by atoms with van der Waals surface area (Å²) in [5.74, 6) is 0.868. The van der Waals surface area contributed by atoms with Crippen molar-refractivity contribution in [2.45, 2.75) is 36.3 Å². The second-order valence-electron chi connectivity index (χ2n) is 10.8. The Labute approximate surface area is 226 Å². The van der Waals surface area contributed by atoms with Gasteiger partial charge in [0.15, 0.2) is 23.1 Å². The third-order valence-corrected chi connectivity index (χ3v) is 9.25. The molecular formula is C33H29NO5. The number of phenolic OH excluding ortho intramolecular Hbond substituents is 1. The number of methoxy groups -OCH3 is 2. The van der Waals surface area contributed by atoms with Crippen molar-refractivity contribution in [2.75, 3.05) is 20.8 Å². The van der Waals surface area contributed by atoms with E-state index in [0.29, 0.717) is 17.7 Å². The van der Waals surface area contributed by atoms with Crippen LogP contribution in [0.3, 0.4) is 0 Å². The zero-order chi connectivity index (χ0) is 26.9. The molecule has 1 spiro atoms. The van der Waals surface area contributed by atoms with Gasteiger partial charge in [0.05, 0.1) is 19.6 Å². The van der Waals surface area contributed by atoms with Gasteiger partial charge in [-0.25, -0.2) is 0 Å². The van der Waals surface area contributed by atoms with E-state index >= 15 is 0 Å². The Morgan fingerprint density at radius 3 is 2.56 bits per heavy atom. The summed E-state index contributed by atoms with van der Waals surface area (Å²) < 4.78 is 11.0. The maximum absolute atomic E-state index is 14.9. The molecule has 1 aliphatic carbocycles. The van der Waals surface area contributed by atoms with Gasteiger partial charge in [-0.1, -0.05) is 48.5 Å². The van der Waals surface area contributed by atoms with Gasteiger partial charge < -0.3 is 14.6 Å². The molecule has 39 heavy (non-hydrogen) atoms. The maximum atomic E-state index is 14.9. The fourth-order valence-corrected chi connectivity index (χ4v) is 7.67. The molecular weight excluding hydrogens is 490 g/mol. The zero-order valence-corrected chi connectivity index (χ0v) is 21.9. The van der Waals surface area contributed by atoms with E-state index in [0.717, 1.165) is 46.8 Å². The van der Waals surface area contributed by atoms with Crippen molar-refractivity contribution in [3.63, 3.8) is 0 Å². The fraction of sp³-hybridized carbons (Fsp3) is 0.273. The van der Waals surface area contributed by atoms with E-state index < -0.39 is 11.0 Å². The number of rotatable bonds is 5. The summed E-state index contributed by atoms with van der Waals surface area (Å²) in [6, 6.07) is 24.3. The number of aromatic hydroxyl groups is 1. The van der Waals surface area contributed by atoms with E-state index in [2.05, 4.69) is 11.0 Å². The summed E-state index contributed by atoms with van der Waals surface area (Å²) in [6.07, 6.45) is 2.01.